The first-order valence-corrected chi connectivity index (χ1v) is 14.8. The maximum Gasteiger partial charge on any atom is 0.0483 e. The molecule has 1 rings (SSSR count). The summed E-state index contributed by atoms with van der Waals surface area (Å²) >= 11 is 0. The van der Waals surface area contributed by atoms with Gasteiger partial charge < -0.3 is 0 Å². The van der Waals surface area contributed by atoms with Gasteiger partial charge in [-0.25, -0.2) is 0 Å². The molecule has 0 radical (unpaired) electrons. The van der Waals surface area contributed by atoms with Crippen LogP contribution in [0, 0.1) is 5.92 Å². The summed E-state index contributed by atoms with van der Waals surface area (Å²) in [6, 6.07) is 2.85. The average Bonchev–Trinajstić information content (AvgIpc) is 2.08. The van der Waals surface area contributed by atoms with E-state index in [9.17, 15) is 0 Å². The van der Waals surface area contributed by atoms with E-state index in [0.29, 0.717) is 0 Å². The second kappa shape index (κ2) is 5.50. The third-order valence-corrected chi connectivity index (χ3v) is 6.95. The number of allylic oxidation sites excluding steroid dienone is 4. The molecular weight excluding hydrogens is 248 g/mol. The minimum absolute atomic E-state index is 0.840. The van der Waals surface area contributed by atoms with Gasteiger partial charge in [-0.3, -0.25) is 0 Å². The molecule has 0 aromatic carbocycles. The Morgan fingerprint density at radius 1 is 1.00 bits per heavy atom. The van der Waals surface area contributed by atoms with Crippen LogP contribution in [0.2, 0.25) is 51.4 Å². The summed E-state index contributed by atoms with van der Waals surface area (Å²) in [5.74, 6) is 0.840. The van der Waals surface area contributed by atoms with Gasteiger partial charge in [0.1, 0.15) is 0 Å². The van der Waals surface area contributed by atoms with Crippen LogP contribution in [-0.4, -0.2) is 16.1 Å². The smallest absolute Gasteiger partial charge is 0.0483 e. The zero-order valence-corrected chi connectivity index (χ0v) is 15.8. The number of hydrogen-bond donors (Lipinski definition) is 0. The molecule has 1 aliphatic carbocycles. The van der Waals surface area contributed by atoms with Crippen molar-refractivity contribution in [3.63, 3.8) is 0 Å². The molecule has 2 heteroatoms. The van der Waals surface area contributed by atoms with Crippen molar-refractivity contribution in [1.29, 1.82) is 0 Å². The number of rotatable bonds is 4. The molecule has 104 valence electrons. The van der Waals surface area contributed by atoms with Crippen molar-refractivity contribution in [3.05, 3.63) is 22.8 Å². The van der Waals surface area contributed by atoms with E-state index in [1.54, 1.807) is 16.7 Å². The van der Waals surface area contributed by atoms with Crippen molar-refractivity contribution in [2.45, 2.75) is 71.6 Å². The van der Waals surface area contributed by atoms with Crippen molar-refractivity contribution < 1.29 is 0 Å². The van der Waals surface area contributed by atoms with Crippen LogP contribution in [0.4, 0.5) is 0 Å². The molecule has 0 aliphatic heterocycles. The van der Waals surface area contributed by atoms with Crippen LogP contribution in [0.1, 0.15) is 20.3 Å². The number of hydrogen-bond acceptors (Lipinski definition) is 0. The van der Waals surface area contributed by atoms with E-state index in [0.717, 1.165) is 5.92 Å². The molecule has 0 heterocycles. The lowest BCUT2D eigenvalue weighted by molar-refractivity contribution is 0.643. The highest BCUT2D eigenvalue weighted by Gasteiger charge is 2.27. The molecule has 0 bridgehead atoms. The monoisotopic (exact) mass is 280 g/mol. The van der Waals surface area contributed by atoms with Gasteiger partial charge in [0.25, 0.3) is 0 Å². The van der Waals surface area contributed by atoms with Crippen LogP contribution in [-0.2, 0) is 0 Å². The zero-order chi connectivity index (χ0) is 14.1. The molecule has 1 aliphatic rings. The molecule has 0 saturated heterocycles. The Hall–Kier alpha value is -0.0862. The summed E-state index contributed by atoms with van der Waals surface area (Å²) < 4.78 is 0. The SMILES string of the molecule is CC1=CC(C)=C(C[Si](C)(C)C)CC1C[Si](C)(C)C. The first-order valence-electron chi connectivity index (χ1n) is 7.35. The van der Waals surface area contributed by atoms with Gasteiger partial charge in [0, 0.05) is 16.1 Å². The molecule has 0 amide bonds. The summed E-state index contributed by atoms with van der Waals surface area (Å²) in [5.41, 5.74) is 4.97. The highest BCUT2D eigenvalue weighted by molar-refractivity contribution is 6.77. The van der Waals surface area contributed by atoms with Crippen molar-refractivity contribution >= 4 is 16.1 Å². The first-order chi connectivity index (χ1) is 7.98. The van der Waals surface area contributed by atoms with Crippen molar-refractivity contribution in [3.8, 4) is 0 Å². The third-order valence-electron chi connectivity index (χ3n) is 3.74. The minimum Gasteiger partial charge on any atom is -0.0699 e. The van der Waals surface area contributed by atoms with Gasteiger partial charge in [0.15, 0.2) is 0 Å². The Bertz CT molecular complexity index is 362. The lowest BCUT2D eigenvalue weighted by atomic mass is 9.86. The molecule has 0 nitrogen and oxygen atoms in total. The van der Waals surface area contributed by atoms with Gasteiger partial charge in [0.05, 0.1) is 0 Å². The van der Waals surface area contributed by atoms with E-state index in [1.165, 1.54) is 18.5 Å². The van der Waals surface area contributed by atoms with Crippen molar-refractivity contribution in [1.82, 2.24) is 0 Å². The van der Waals surface area contributed by atoms with E-state index in [2.05, 4.69) is 59.2 Å². The van der Waals surface area contributed by atoms with Gasteiger partial charge in [-0.15, -0.1) is 0 Å². The largest absolute Gasteiger partial charge is 0.0699 e. The molecule has 0 N–H and O–H groups in total. The first kappa shape index (κ1) is 16.0. The molecule has 1 atom stereocenters. The zero-order valence-electron chi connectivity index (χ0n) is 13.8. The Balaban J connectivity index is 2.85. The Labute approximate surface area is 117 Å². The maximum absolute atomic E-state index is 2.50. The standard InChI is InChI=1S/C16H32Si2/c1-13-9-14(2)16(12-18(6,7)8)10-15(13)11-17(3,4)5/h9,15H,10-12H2,1-8H3. The predicted molar refractivity (Wildman–Crippen MR) is 90.9 cm³/mol. The molecule has 18 heavy (non-hydrogen) atoms. The highest BCUT2D eigenvalue weighted by Crippen LogP contribution is 2.37. The lowest BCUT2D eigenvalue weighted by Crippen LogP contribution is -2.27. The van der Waals surface area contributed by atoms with E-state index in [4.69, 9.17) is 0 Å². The fourth-order valence-electron chi connectivity index (χ4n) is 3.00. The van der Waals surface area contributed by atoms with E-state index in [1.807, 2.05) is 0 Å². The molecule has 1 unspecified atom stereocenters. The topological polar surface area (TPSA) is 0 Å². The van der Waals surface area contributed by atoms with Crippen LogP contribution in [0.25, 0.3) is 0 Å². The molecule has 0 aromatic heterocycles. The van der Waals surface area contributed by atoms with Crippen LogP contribution in [0.3, 0.4) is 0 Å². The van der Waals surface area contributed by atoms with Crippen LogP contribution < -0.4 is 0 Å². The van der Waals surface area contributed by atoms with E-state index in [-0.39, 0.29) is 0 Å². The van der Waals surface area contributed by atoms with E-state index >= 15 is 0 Å². The molecule has 0 fully saturated rings. The van der Waals surface area contributed by atoms with Gasteiger partial charge in [0.2, 0.25) is 0 Å². The second-order valence-electron chi connectivity index (χ2n) is 8.58. The maximum atomic E-state index is 2.50. The van der Waals surface area contributed by atoms with Crippen LogP contribution in [0.15, 0.2) is 22.8 Å². The summed E-state index contributed by atoms with van der Waals surface area (Å²) in [6.07, 6.45) is 3.83. The van der Waals surface area contributed by atoms with Gasteiger partial charge in [-0.05, 0) is 32.2 Å². The minimum atomic E-state index is -0.972. The normalized spacial score (nSPS) is 22.2. The summed E-state index contributed by atoms with van der Waals surface area (Å²) in [6.45, 7) is 19.7. The van der Waals surface area contributed by atoms with E-state index < -0.39 is 16.1 Å². The Morgan fingerprint density at radius 2 is 1.56 bits per heavy atom. The third kappa shape index (κ3) is 5.27. The Kier molecular flexibility index (Phi) is 4.88. The Morgan fingerprint density at radius 3 is 2.00 bits per heavy atom. The second-order valence-corrected chi connectivity index (χ2v) is 19.6. The van der Waals surface area contributed by atoms with Crippen LogP contribution >= 0.6 is 0 Å². The quantitative estimate of drug-likeness (QED) is 0.559. The highest BCUT2D eigenvalue weighted by atomic mass is 28.3. The fourth-order valence-corrected chi connectivity index (χ4v) is 6.65. The van der Waals surface area contributed by atoms with Gasteiger partial charge in [-0.1, -0.05) is 68.1 Å². The van der Waals surface area contributed by atoms with Crippen LogP contribution in [0.5, 0.6) is 0 Å². The molecular formula is C16H32Si2. The molecule has 0 aromatic rings. The summed E-state index contributed by atoms with van der Waals surface area (Å²) in [7, 11) is -1.92. The fraction of sp³-hybridized carbons (Fsp3) is 0.750. The summed E-state index contributed by atoms with van der Waals surface area (Å²) in [4.78, 5) is 0. The molecule has 0 spiro atoms. The predicted octanol–water partition coefficient (Wildman–Crippen LogP) is 5.95. The molecule has 0 saturated carbocycles. The summed E-state index contributed by atoms with van der Waals surface area (Å²) in [5, 5.41) is 0. The lowest BCUT2D eigenvalue weighted by Gasteiger charge is -2.32. The van der Waals surface area contributed by atoms with Crippen molar-refractivity contribution in [2.24, 2.45) is 5.92 Å². The van der Waals surface area contributed by atoms with Crippen molar-refractivity contribution in [2.75, 3.05) is 0 Å². The van der Waals surface area contributed by atoms with Gasteiger partial charge in [-0.2, -0.15) is 0 Å². The van der Waals surface area contributed by atoms with Gasteiger partial charge >= 0.3 is 0 Å². The average molecular weight is 281 g/mol.